The maximum atomic E-state index is 13.0. The number of likely N-dealkylation sites (tertiary alicyclic amines) is 1. The van der Waals surface area contributed by atoms with Crippen LogP contribution in [-0.2, 0) is 0 Å². The summed E-state index contributed by atoms with van der Waals surface area (Å²) >= 11 is 12.1. The second kappa shape index (κ2) is 7.81. The Labute approximate surface area is 172 Å². The summed E-state index contributed by atoms with van der Waals surface area (Å²) in [5.41, 5.74) is 1.22. The number of aromatic nitrogens is 2. The number of nitrogens with zero attached hydrogens (tertiary/aromatic N) is 3. The lowest BCUT2D eigenvalue weighted by Gasteiger charge is -2.22. The Hall–Kier alpha value is -2.57. The first kappa shape index (κ1) is 18.8. The summed E-state index contributed by atoms with van der Waals surface area (Å²) in [6.07, 6.45) is 1.60. The van der Waals surface area contributed by atoms with Gasteiger partial charge in [0.15, 0.2) is 0 Å². The van der Waals surface area contributed by atoms with E-state index in [9.17, 15) is 4.79 Å². The molecule has 6 nitrogen and oxygen atoms in total. The highest BCUT2D eigenvalue weighted by molar-refractivity contribution is 6.36. The van der Waals surface area contributed by atoms with E-state index in [1.807, 2.05) is 24.3 Å². The van der Waals surface area contributed by atoms with Gasteiger partial charge < -0.3 is 14.2 Å². The number of carbonyl (C=O) groups excluding carboxylic acids is 1. The van der Waals surface area contributed by atoms with Gasteiger partial charge in [-0.25, -0.2) is 0 Å². The molecule has 8 heteroatoms. The van der Waals surface area contributed by atoms with Crippen molar-refractivity contribution in [1.82, 2.24) is 15.0 Å². The van der Waals surface area contributed by atoms with E-state index < -0.39 is 0 Å². The molecule has 3 aromatic rings. The zero-order chi connectivity index (χ0) is 19.7. The lowest BCUT2D eigenvalue weighted by molar-refractivity contribution is 0.0710. The van der Waals surface area contributed by atoms with E-state index in [-0.39, 0.29) is 11.9 Å². The maximum absolute atomic E-state index is 13.0. The molecular formula is C20H17Cl2N3O3. The summed E-state index contributed by atoms with van der Waals surface area (Å²) in [5, 5.41) is 4.89. The van der Waals surface area contributed by atoms with Crippen molar-refractivity contribution < 1.29 is 14.1 Å². The van der Waals surface area contributed by atoms with Crippen LogP contribution in [0.2, 0.25) is 10.0 Å². The minimum atomic E-state index is -0.279. The zero-order valence-electron chi connectivity index (χ0n) is 15.1. The molecular weight excluding hydrogens is 401 g/mol. The van der Waals surface area contributed by atoms with Crippen LogP contribution in [0, 0.1) is 0 Å². The Bertz CT molecular complexity index is 1000. The number of benzene rings is 2. The van der Waals surface area contributed by atoms with E-state index in [4.69, 9.17) is 32.5 Å². The molecule has 1 amide bonds. The number of halogens is 2. The SMILES string of the molecule is COc1ccc(-c2noc(C3CCCN3C(=O)c3ccc(Cl)cc3Cl)n2)cc1. The van der Waals surface area contributed by atoms with E-state index in [1.165, 1.54) is 0 Å². The van der Waals surface area contributed by atoms with Gasteiger partial charge in [0.25, 0.3) is 5.91 Å². The smallest absolute Gasteiger partial charge is 0.256 e. The second-order valence-electron chi connectivity index (χ2n) is 6.47. The molecule has 0 bridgehead atoms. The van der Waals surface area contributed by atoms with E-state index in [2.05, 4.69) is 10.1 Å². The summed E-state index contributed by atoms with van der Waals surface area (Å²) in [5.74, 6) is 1.47. The Morgan fingerprint density at radius 3 is 2.71 bits per heavy atom. The average molecular weight is 418 g/mol. The number of amides is 1. The van der Waals surface area contributed by atoms with Gasteiger partial charge in [0.1, 0.15) is 11.8 Å². The number of rotatable bonds is 4. The summed E-state index contributed by atoms with van der Waals surface area (Å²) in [6.45, 7) is 0.600. The van der Waals surface area contributed by atoms with Gasteiger partial charge in [-0.05, 0) is 55.3 Å². The third kappa shape index (κ3) is 3.57. The molecule has 1 unspecified atom stereocenters. The molecule has 2 aromatic carbocycles. The fourth-order valence-electron chi connectivity index (χ4n) is 3.31. The fourth-order valence-corrected chi connectivity index (χ4v) is 3.80. The molecule has 0 saturated carbocycles. The largest absolute Gasteiger partial charge is 0.497 e. The minimum Gasteiger partial charge on any atom is -0.497 e. The zero-order valence-corrected chi connectivity index (χ0v) is 16.6. The third-order valence-electron chi connectivity index (χ3n) is 4.75. The Morgan fingerprint density at radius 2 is 2.00 bits per heavy atom. The number of methoxy groups -OCH3 is 1. The number of hydrogen-bond donors (Lipinski definition) is 0. The van der Waals surface area contributed by atoms with Crippen molar-refractivity contribution in [2.24, 2.45) is 0 Å². The first-order chi connectivity index (χ1) is 13.6. The van der Waals surface area contributed by atoms with Gasteiger partial charge in [0, 0.05) is 17.1 Å². The molecule has 0 spiro atoms. The normalized spacial score (nSPS) is 16.4. The van der Waals surface area contributed by atoms with Crippen molar-refractivity contribution in [2.45, 2.75) is 18.9 Å². The summed E-state index contributed by atoms with van der Waals surface area (Å²) in [4.78, 5) is 19.2. The fraction of sp³-hybridized carbons (Fsp3) is 0.250. The molecule has 144 valence electrons. The molecule has 0 N–H and O–H groups in total. The summed E-state index contributed by atoms with van der Waals surface area (Å²) < 4.78 is 10.6. The standard InChI is InChI=1S/C20H17Cl2N3O3/c1-27-14-7-4-12(5-8-14)18-23-19(28-24-18)17-3-2-10-25(17)20(26)15-9-6-13(21)11-16(15)22/h4-9,11,17H,2-3,10H2,1H3. The molecule has 1 saturated heterocycles. The third-order valence-corrected chi connectivity index (χ3v) is 5.30. The molecule has 2 heterocycles. The van der Waals surface area contributed by atoms with Gasteiger partial charge >= 0.3 is 0 Å². The predicted octanol–water partition coefficient (Wildman–Crippen LogP) is 5.03. The number of ether oxygens (including phenoxy) is 1. The van der Waals surface area contributed by atoms with Crippen molar-refractivity contribution in [3.63, 3.8) is 0 Å². The van der Waals surface area contributed by atoms with Crippen LogP contribution in [0.5, 0.6) is 5.75 Å². The monoisotopic (exact) mass is 417 g/mol. The number of carbonyl (C=O) groups is 1. The van der Waals surface area contributed by atoms with Gasteiger partial charge in [-0.2, -0.15) is 4.98 Å². The van der Waals surface area contributed by atoms with Gasteiger partial charge in [0.05, 0.1) is 17.7 Å². The van der Waals surface area contributed by atoms with Crippen LogP contribution in [0.25, 0.3) is 11.4 Å². The van der Waals surface area contributed by atoms with E-state index in [0.717, 1.165) is 24.2 Å². The first-order valence-electron chi connectivity index (χ1n) is 8.81. The Balaban J connectivity index is 1.58. The van der Waals surface area contributed by atoms with Crippen LogP contribution >= 0.6 is 23.2 Å². The molecule has 1 aliphatic heterocycles. The van der Waals surface area contributed by atoms with Crippen molar-refractivity contribution >= 4 is 29.1 Å². The lowest BCUT2D eigenvalue weighted by atomic mass is 10.1. The maximum Gasteiger partial charge on any atom is 0.256 e. The Kier molecular flexibility index (Phi) is 5.24. The molecule has 4 rings (SSSR count). The second-order valence-corrected chi connectivity index (χ2v) is 7.31. The Morgan fingerprint density at radius 1 is 1.21 bits per heavy atom. The van der Waals surface area contributed by atoms with Crippen molar-refractivity contribution in [3.05, 3.63) is 64.0 Å². The van der Waals surface area contributed by atoms with Crippen LogP contribution in [0.15, 0.2) is 47.0 Å². The van der Waals surface area contributed by atoms with Crippen LogP contribution in [0.1, 0.15) is 35.1 Å². The molecule has 1 aromatic heterocycles. The highest BCUT2D eigenvalue weighted by Crippen LogP contribution is 2.34. The topological polar surface area (TPSA) is 68.5 Å². The first-order valence-corrected chi connectivity index (χ1v) is 9.56. The van der Waals surface area contributed by atoms with Gasteiger partial charge in [-0.1, -0.05) is 28.4 Å². The average Bonchev–Trinajstić information content (AvgIpc) is 3.37. The molecule has 1 aliphatic rings. The van der Waals surface area contributed by atoms with Crippen molar-refractivity contribution in [2.75, 3.05) is 13.7 Å². The molecule has 28 heavy (non-hydrogen) atoms. The number of hydrogen-bond acceptors (Lipinski definition) is 5. The van der Waals surface area contributed by atoms with Crippen LogP contribution in [0.4, 0.5) is 0 Å². The predicted molar refractivity (Wildman–Crippen MR) is 106 cm³/mol. The van der Waals surface area contributed by atoms with Crippen LogP contribution in [0.3, 0.4) is 0 Å². The molecule has 0 aliphatic carbocycles. The van der Waals surface area contributed by atoms with Crippen LogP contribution < -0.4 is 4.74 Å². The highest BCUT2D eigenvalue weighted by atomic mass is 35.5. The quantitative estimate of drug-likeness (QED) is 0.595. The lowest BCUT2D eigenvalue weighted by Crippen LogP contribution is -2.31. The van der Waals surface area contributed by atoms with Gasteiger partial charge in [-0.3, -0.25) is 4.79 Å². The highest BCUT2D eigenvalue weighted by Gasteiger charge is 2.35. The van der Waals surface area contributed by atoms with Gasteiger partial charge in [-0.15, -0.1) is 0 Å². The van der Waals surface area contributed by atoms with E-state index in [1.54, 1.807) is 30.2 Å². The summed E-state index contributed by atoms with van der Waals surface area (Å²) in [6, 6.07) is 12.0. The van der Waals surface area contributed by atoms with E-state index in [0.29, 0.717) is 33.9 Å². The van der Waals surface area contributed by atoms with Crippen LogP contribution in [-0.4, -0.2) is 34.6 Å². The summed E-state index contributed by atoms with van der Waals surface area (Å²) in [7, 11) is 1.61. The van der Waals surface area contributed by atoms with Gasteiger partial charge in [0.2, 0.25) is 11.7 Å². The van der Waals surface area contributed by atoms with E-state index >= 15 is 0 Å². The minimum absolute atomic E-state index is 0.173. The van der Waals surface area contributed by atoms with Crippen molar-refractivity contribution in [3.8, 4) is 17.1 Å². The van der Waals surface area contributed by atoms with Crippen molar-refractivity contribution in [1.29, 1.82) is 0 Å². The molecule has 1 fully saturated rings. The molecule has 0 radical (unpaired) electrons. The molecule has 1 atom stereocenters.